The van der Waals surface area contributed by atoms with Gasteiger partial charge in [-0.05, 0) is 41.5 Å². The van der Waals surface area contributed by atoms with Crippen molar-refractivity contribution in [1.82, 2.24) is 0 Å². The van der Waals surface area contributed by atoms with Crippen LogP contribution in [0.2, 0.25) is 0 Å². The quantitative estimate of drug-likeness (QED) is 0.358. The van der Waals surface area contributed by atoms with Crippen LogP contribution in [0.4, 0.5) is 13.2 Å². The van der Waals surface area contributed by atoms with Crippen LogP contribution in [0.25, 0.3) is 0 Å². The molecule has 1 fully saturated rings. The molecule has 2 rings (SSSR count). The molecule has 0 aromatic heterocycles. The number of hydrogen-bond acceptors (Lipinski definition) is 2. The molecule has 0 spiro atoms. The second kappa shape index (κ2) is 4.23. The number of rotatable bonds is 2. The lowest BCUT2D eigenvalue weighted by atomic mass is 10.2. The van der Waals surface area contributed by atoms with E-state index in [1.807, 2.05) is 0 Å². The zero-order chi connectivity index (χ0) is 11.9. The fourth-order valence-corrected chi connectivity index (χ4v) is 1.67. The van der Waals surface area contributed by atoms with Gasteiger partial charge in [0.05, 0.1) is 9.13 Å². The zero-order valence-electron chi connectivity index (χ0n) is 7.90. The highest BCUT2D eigenvalue weighted by Crippen LogP contribution is 2.27. The van der Waals surface area contributed by atoms with E-state index >= 15 is 0 Å². The molecule has 6 heteroatoms. The summed E-state index contributed by atoms with van der Waals surface area (Å²) in [5.41, 5.74) is -0.560. The summed E-state index contributed by atoms with van der Waals surface area (Å²) >= 11 is 1.49. The van der Waals surface area contributed by atoms with Crippen molar-refractivity contribution >= 4 is 28.6 Å². The van der Waals surface area contributed by atoms with Gasteiger partial charge in [-0.25, -0.2) is 18.0 Å². The van der Waals surface area contributed by atoms with E-state index in [0.717, 1.165) is 18.9 Å². The normalized spacial score (nSPS) is 15.0. The van der Waals surface area contributed by atoms with Crippen LogP contribution in [0.1, 0.15) is 23.2 Å². The van der Waals surface area contributed by atoms with Crippen LogP contribution in [0.15, 0.2) is 6.07 Å². The number of carbonyl (C=O) groups excluding carboxylic acids is 1. The molecular formula is C10H6F3IO2. The Morgan fingerprint density at radius 1 is 1.25 bits per heavy atom. The second-order valence-electron chi connectivity index (χ2n) is 3.45. The fourth-order valence-electron chi connectivity index (χ4n) is 1.12. The molecule has 1 saturated carbocycles. The smallest absolute Gasteiger partial charge is 0.341 e. The molecule has 0 radical (unpaired) electrons. The number of hydrogen-bond donors (Lipinski definition) is 0. The largest absolute Gasteiger partial charge is 0.459 e. The predicted octanol–water partition coefficient (Wildman–Crippen LogP) is 3.03. The van der Waals surface area contributed by atoms with Crippen molar-refractivity contribution in [3.05, 3.63) is 32.7 Å². The average Bonchev–Trinajstić information content (AvgIpc) is 3.04. The highest BCUT2D eigenvalue weighted by atomic mass is 127. The molecule has 0 aliphatic heterocycles. The number of ether oxygens (including phenoxy) is 1. The Bertz CT molecular complexity index is 458. The van der Waals surface area contributed by atoms with Gasteiger partial charge in [-0.3, -0.25) is 0 Å². The average molecular weight is 342 g/mol. The Balaban J connectivity index is 2.35. The minimum absolute atomic E-state index is 0.153. The lowest BCUT2D eigenvalue weighted by Crippen LogP contribution is -2.12. The Labute approximate surface area is 103 Å². The summed E-state index contributed by atoms with van der Waals surface area (Å²) in [4.78, 5) is 11.4. The Morgan fingerprint density at radius 2 is 1.88 bits per heavy atom. The molecule has 0 saturated heterocycles. The van der Waals surface area contributed by atoms with Gasteiger partial charge in [-0.2, -0.15) is 0 Å². The van der Waals surface area contributed by atoms with E-state index in [1.54, 1.807) is 0 Å². The van der Waals surface area contributed by atoms with Crippen LogP contribution in [0.3, 0.4) is 0 Å². The maximum absolute atomic E-state index is 13.2. The van der Waals surface area contributed by atoms with Gasteiger partial charge in [0.2, 0.25) is 0 Å². The van der Waals surface area contributed by atoms with Crippen molar-refractivity contribution in [3.63, 3.8) is 0 Å². The number of benzene rings is 1. The first kappa shape index (κ1) is 11.7. The molecule has 1 aliphatic rings. The molecule has 0 amide bonds. The Kier molecular flexibility index (Phi) is 3.09. The standard InChI is InChI=1S/C10H6F3IO2/c11-7-5(10(15)16-4-1-2-4)3-6(14)8(12)9(7)13/h3-4H,1-2H2. The molecule has 2 nitrogen and oxygen atoms in total. The van der Waals surface area contributed by atoms with Crippen LogP contribution < -0.4 is 0 Å². The molecule has 0 atom stereocenters. The van der Waals surface area contributed by atoms with E-state index in [0.29, 0.717) is 0 Å². The Hall–Kier alpha value is -0.790. The summed E-state index contributed by atoms with van der Waals surface area (Å²) in [5, 5.41) is 0. The van der Waals surface area contributed by atoms with E-state index in [2.05, 4.69) is 0 Å². The van der Waals surface area contributed by atoms with Gasteiger partial charge in [0.1, 0.15) is 6.10 Å². The van der Waals surface area contributed by atoms with Crippen molar-refractivity contribution in [2.45, 2.75) is 18.9 Å². The molecule has 86 valence electrons. The first-order chi connectivity index (χ1) is 7.50. The molecule has 0 N–H and O–H groups in total. The first-order valence-electron chi connectivity index (χ1n) is 4.54. The molecule has 0 unspecified atom stereocenters. The number of esters is 1. The lowest BCUT2D eigenvalue weighted by molar-refractivity contribution is 0.0465. The monoisotopic (exact) mass is 342 g/mol. The van der Waals surface area contributed by atoms with Gasteiger partial charge >= 0.3 is 5.97 Å². The molecular weight excluding hydrogens is 336 g/mol. The van der Waals surface area contributed by atoms with Gasteiger partial charge in [0.15, 0.2) is 17.5 Å². The van der Waals surface area contributed by atoms with Gasteiger partial charge in [0.25, 0.3) is 0 Å². The SMILES string of the molecule is O=C(OC1CC1)c1cc(I)c(F)c(F)c1F. The highest BCUT2D eigenvalue weighted by molar-refractivity contribution is 14.1. The van der Waals surface area contributed by atoms with Crippen molar-refractivity contribution in [2.75, 3.05) is 0 Å². The van der Waals surface area contributed by atoms with Crippen LogP contribution >= 0.6 is 22.6 Å². The third-order valence-electron chi connectivity index (χ3n) is 2.12. The third-order valence-corrected chi connectivity index (χ3v) is 2.91. The summed E-state index contributed by atoms with van der Waals surface area (Å²) < 4.78 is 43.8. The summed E-state index contributed by atoms with van der Waals surface area (Å²) in [6.45, 7) is 0. The topological polar surface area (TPSA) is 26.3 Å². The zero-order valence-corrected chi connectivity index (χ0v) is 10.1. The van der Waals surface area contributed by atoms with E-state index in [4.69, 9.17) is 4.74 Å². The van der Waals surface area contributed by atoms with Gasteiger partial charge < -0.3 is 4.74 Å². The van der Waals surface area contributed by atoms with Crippen molar-refractivity contribution in [2.24, 2.45) is 0 Å². The first-order valence-corrected chi connectivity index (χ1v) is 5.62. The van der Waals surface area contributed by atoms with Crippen LogP contribution in [0, 0.1) is 21.0 Å². The van der Waals surface area contributed by atoms with Crippen LogP contribution in [0.5, 0.6) is 0 Å². The maximum atomic E-state index is 13.2. The van der Waals surface area contributed by atoms with E-state index in [1.165, 1.54) is 22.6 Å². The molecule has 16 heavy (non-hydrogen) atoms. The van der Waals surface area contributed by atoms with Gasteiger partial charge in [-0.1, -0.05) is 0 Å². The second-order valence-corrected chi connectivity index (χ2v) is 4.61. The maximum Gasteiger partial charge on any atom is 0.341 e. The highest BCUT2D eigenvalue weighted by Gasteiger charge is 2.29. The minimum atomic E-state index is -1.64. The van der Waals surface area contributed by atoms with E-state index < -0.39 is 29.0 Å². The fraction of sp³-hybridized carbons (Fsp3) is 0.300. The molecule has 1 aromatic carbocycles. The van der Waals surface area contributed by atoms with E-state index in [-0.39, 0.29) is 9.67 Å². The molecule has 1 aliphatic carbocycles. The summed E-state index contributed by atoms with van der Waals surface area (Å²) in [6, 6.07) is 0.943. The lowest BCUT2D eigenvalue weighted by Gasteiger charge is -2.06. The van der Waals surface area contributed by atoms with Crippen LogP contribution in [-0.4, -0.2) is 12.1 Å². The summed E-state index contributed by atoms with van der Waals surface area (Å²) in [5.74, 6) is -5.38. The van der Waals surface area contributed by atoms with E-state index in [9.17, 15) is 18.0 Å². The summed E-state index contributed by atoms with van der Waals surface area (Å²) in [6.07, 6.45) is 1.25. The van der Waals surface area contributed by atoms with Crippen molar-refractivity contribution in [3.8, 4) is 0 Å². The number of halogens is 4. The predicted molar refractivity (Wildman–Crippen MR) is 57.5 cm³/mol. The molecule has 1 aromatic rings. The number of carbonyl (C=O) groups is 1. The van der Waals surface area contributed by atoms with Gasteiger partial charge in [-0.15, -0.1) is 0 Å². The minimum Gasteiger partial charge on any atom is -0.459 e. The molecule has 0 bridgehead atoms. The van der Waals surface area contributed by atoms with Crippen molar-refractivity contribution < 1.29 is 22.7 Å². The summed E-state index contributed by atoms with van der Waals surface area (Å²) in [7, 11) is 0. The third kappa shape index (κ3) is 2.16. The van der Waals surface area contributed by atoms with Crippen LogP contribution in [-0.2, 0) is 4.74 Å². The van der Waals surface area contributed by atoms with Gasteiger partial charge in [0, 0.05) is 0 Å². The molecule has 0 heterocycles. The van der Waals surface area contributed by atoms with Crippen molar-refractivity contribution in [1.29, 1.82) is 0 Å². The Morgan fingerprint density at radius 3 is 2.44 bits per heavy atom.